The first-order valence-electron chi connectivity index (χ1n) is 13.1. The fraction of sp³-hybridized carbons (Fsp3) is 0.414. The number of amides is 2. The average molecular weight is 579 g/mol. The lowest BCUT2D eigenvalue weighted by Crippen LogP contribution is -2.26. The molecule has 2 amide bonds. The number of aromatic nitrogens is 3. The second-order valence-electron chi connectivity index (χ2n) is 10.7. The van der Waals surface area contributed by atoms with Gasteiger partial charge in [-0.25, -0.2) is 0 Å². The molecule has 0 spiro atoms. The van der Waals surface area contributed by atoms with Gasteiger partial charge >= 0.3 is 0 Å². The number of benzene rings is 1. The average Bonchev–Trinajstić information content (AvgIpc) is 3.49. The van der Waals surface area contributed by atoms with E-state index in [9.17, 15) is 14.9 Å². The van der Waals surface area contributed by atoms with Crippen LogP contribution in [0.3, 0.4) is 0 Å². The Kier molecular flexibility index (Phi) is 9.32. The van der Waals surface area contributed by atoms with Crippen molar-refractivity contribution in [2.24, 2.45) is 11.3 Å². The highest BCUT2D eigenvalue weighted by Crippen LogP contribution is 2.44. The van der Waals surface area contributed by atoms with E-state index in [4.69, 9.17) is 4.74 Å². The fourth-order valence-electron chi connectivity index (χ4n) is 4.70. The maximum Gasteiger partial charge on any atom is 0.251 e. The van der Waals surface area contributed by atoms with Crippen molar-refractivity contribution < 1.29 is 14.3 Å². The Balaban J connectivity index is 1.38. The van der Waals surface area contributed by atoms with Gasteiger partial charge in [0.2, 0.25) is 5.91 Å². The number of carbonyl (C=O) groups is 2. The van der Waals surface area contributed by atoms with Crippen LogP contribution in [-0.2, 0) is 30.7 Å². The number of nitriles is 1. The van der Waals surface area contributed by atoms with Crippen LogP contribution >= 0.6 is 23.1 Å². The van der Waals surface area contributed by atoms with Crippen molar-refractivity contribution in [1.82, 2.24) is 20.1 Å². The van der Waals surface area contributed by atoms with Crippen LogP contribution in [0.2, 0.25) is 0 Å². The minimum Gasteiger partial charge on any atom is -0.497 e. The van der Waals surface area contributed by atoms with E-state index in [1.54, 1.807) is 37.5 Å². The second-order valence-corrected chi connectivity index (χ2v) is 12.7. The first kappa shape index (κ1) is 29.4. The highest BCUT2D eigenvalue weighted by atomic mass is 32.2. The summed E-state index contributed by atoms with van der Waals surface area (Å²) in [6.07, 6.45) is 4.56. The van der Waals surface area contributed by atoms with E-state index < -0.39 is 0 Å². The molecule has 4 rings (SSSR count). The van der Waals surface area contributed by atoms with Gasteiger partial charge in [-0.05, 0) is 60.4 Å². The third kappa shape index (κ3) is 6.74. The number of hydrogen-bond donors (Lipinski definition) is 2. The lowest BCUT2D eigenvalue weighted by Gasteiger charge is -2.33. The molecule has 40 heavy (non-hydrogen) atoms. The van der Waals surface area contributed by atoms with Crippen LogP contribution in [0.15, 0.2) is 42.1 Å². The van der Waals surface area contributed by atoms with Gasteiger partial charge in [-0.1, -0.05) is 38.6 Å². The van der Waals surface area contributed by atoms with E-state index in [-0.39, 0.29) is 29.5 Å². The molecule has 1 aliphatic carbocycles. The minimum atomic E-state index is -0.245. The number of thiophene rings is 1. The largest absolute Gasteiger partial charge is 0.497 e. The van der Waals surface area contributed by atoms with Gasteiger partial charge < -0.3 is 19.9 Å². The molecule has 0 saturated heterocycles. The molecule has 0 fully saturated rings. The molecule has 2 aromatic heterocycles. The number of nitrogens with one attached hydrogen (secondary N) is 2. The standard InChI is InChI=1S/C29H34N6O3S2/c1-6-13-35-24(16-31-26(37)18-7-10-20(38-5)11-8-18)33-34-28(35)39-17-25(36)32-27-22(15-30)21-12-9-19(29(2,3)4)14-23(21)40-27/h6-8,10-11,19H,1,9,12-14,16-17H2,2-5H3,(H,31,37)(H,32,36)/t19-/m1/s1. The maximum absolute atomic E-state index is 12.9. The van der Waals surface area contributed by atoms with Gasteiger partial charge in [0.25, 0.3) is 5.91 Å². The quantitative estimate of drug-likeness (QED) is 0.250. The molecule has 0 aliphatic heterocycles. The molecule has 3 aromatic rings. The van der Waals surface area contributed by atoms with Crippen LogP contribution in [0, 0.1) is 22.7 Å². The predicted molar refractivity (Wildman–Crippen MR) is 158 cm³/mol. The van der Waals surface area contributed by atoms with Gasteiger partial charge in [-0.15, -0.1) is 28.1 Å². The zero-order chi connectivity index (χ0) is 28.9. The first-order chi connectivity index (χ1) is 19.1. The lowest BCUT2D eigenvalue weighted by atomic mass is 9.72. The Labute approximate surface area is 243 Å². The Morgan fingerprint density at radius 1 is 1.30 bits per heavy atom. The number of rotatable bonds is 10. The zero-order valence-electron chi connectivity index (χ0n) is 23.2. The van der Waals surface area contributed by atoms with Crippen LogP contribution < -0.4 is 15.4 Å². The smallest absolute Gasteiger partial charge is 0.251 e. The summed E-state index contributed by atoms with van der Waals surface area (Å²) in [5.74, 6) is 1.42. The number of allylic oxidation sites excluding steroid dienone is 1. The van der Waals surface area contributed by atoms with Gasteiger partial charge in [0, 0.05) is 17.0 Å². The van der Waals surface area contributed by atoms with Gasteiger partial charge in [0.15, 0.2) is 11.0 Å². The van der Waals surface area contributed by atoms with Crippen molar-refractivity contribution in [1.29, 1.82) is 5.26 Å². The molecular formula is C29H34N6O3S2. The summed E-state index contributed by atoms with van der Waals surface area (Å²) in [5, 5.41) is 25.3. The zero-order valence-corrected chi connectivity index (χ0v) is 24.9. The Morgan fingerprint density at radius 3 is 2.70 bits per heavy atom. The summed E-state index contributed by atoms with van der Waals surface area (Å²) < 4.78 is 6.95. The van der Waals surface area contributed by atoms with E-state index >= 15 is 0 Å². The number of fused-ring (bicyclic) bond motifs is 1. The topological polar surface area (TPSA) is 122 Å². The molecule has 210 valence electrons. The van der Waals surface area contributed by atoms with Crippen molar-refractivity contribution in [3.05, 3.63) is 64.3 Å². The monoisotopic (exact) mass is 578 g/mol. The number of anilines is 1. The van der Waals surface area contributed by atoms with Crippen molar-refractivity contribution in [3.63, 3.8) is 0 Å². The number of methoxy groups -OCH3 is 1. The van der Waals surface area contributed by atoms with Crippen molar-refractivity contribution in [2.75, 3.05) is 18.2 Å². The number of thioether (sulfide) groups is 1. The van der Waals surface area contributed by atoms with Crippen LogP contribution in [0.25, 0.3) is 0 Å². The summed E-state index contributed by atoms with van der Waals surface area (Å²) in [7, 11) is 1.57. The van der Waals surface area contributed by atoms with E-state index in [0.29, 0.717) is 45.3 Å². The molecule has 0 unspecified atom stereocenters. The molecule has 0 radical (unpaired) electrons. The summed E-state index contributed by atoms with van der Waals surface area (Å²) in [6.45, 7) is 11.2. The van der Waals surface area contributed by atoms with E-state index in [1.807, 2.05) is 4.57 Å². The van der Waals surface area contributed by atoms with Crippen molar-refractivity contribution in [3.8, 4) is 11.8 Å². The Morgan fingerprint density at radius 2 is 2.05 bits per heavy atom. The highest BCUT2D eigenvalue weighted by Gasteiger charge is 2.32. The molecule has 0 bridgehead atoms. The summed E-state index contributed by atoms with van der Waals surface area (Å²) in [5.41, 5.74) is 2.38. The van der Waals surface area contributed by atoms with Crippen LogP contribution in [0.4, 0.5) is 5.00 Å². The second kappa shape index (κ2) is 12.7. The number of nitrogens with zero attached hydrogens (tertiary/aromatic N) is 4. The van der Waals surface area contributed by atoms with E-state index in [1.165, 1.54) is 28.0 Å². The van der Waals surface area contributed by atoms with Gasteiger partial charge in [-0.3, -0.25) is 9.59 Å². The third-order valence-electron chi connectivity index (χ3n) is 7.05. The molecule has 2 heterocycles. The predicted octanol–water partition coefficient (Wildman–Crippen LogP) is 5.22. The molecule has 1 aromatic carbocycles. The normalized spacial score (nSPS) is 14.6. The number of hydrogen-bond acceptors (Lipinski definition) is 8. The molecule has 9 nitrogen and oxygen atoms in total. The molecule has 1 aliphatic rings. The van der Waals surface area contributed by atoms with Crippen LogP contribution in [-0.4, -0.2) is 39.4 Å². The third-order valence-corrected chi connectivity index (χ3v) is 9.19. The highest BCUT2D eigenvalue weighted by molar-refractivity contribution is 7.99. The van der Waals surface area contributed by atoms with E-state index in [2.05, 4.69) is 54.3 Å². The molecular weight excluding hydrogens is 544 g/mol. The van der Waals surface area contributed by atoms with Crippen LogP contribution in [0.1, 0.15) is 59.4 Å². The summed E-state index contributed by atoms with van der Waals surface area (Å²) in [4.78, 5) is 26.7. The van der Waals surface area contributed by atoms with E-state index in [0.717, 1.165) is 24.8 Å². The van der Waals surface area contributed by atoms with Gasteiger partial charge in [0.1, 0.15) is 16.8 Å². The maximum atomic E-state index is 12.9. The summed E-state index contributed by atoms with van der Waals surface area (Å²) in [6, 6.07) is 9.14. The summed E-state index contributed by atoms with van der Waals surface area (Å²) >= 11 is 2.77. The van der Waals surface area contributed by atoms with Crippen molar-refractivity contribution >= 4 is 39.9 Å². The van der Waals surface area contributed by atoms with Gasteiger partial charge in [-0.2, -0.15) is 5.26 Å². The SMILES string of the molecule is C=CCn1c(CNC(=O)c2ccc(OC)cc2)nnc1SCC(=O)Nc1sc2c(c1C#N)CC[C@@H](C(C)(C)C)C2. The molecule has 2 N–H and O–H groups in total. The minimum absolute atomic E-state index is 0.103. The fourth-order valence-corrected chi connectivity index (χ4v) is 6.76. The Bertz CT molecular complexity index is 1430. The van der Waals surface area contributed by atoms with Crippen molar-refractivity contribution in [2.45, 2.75) is 58.3 Å². The molecule has 1 atom stereocenters. The Hall–Kier alpha value is -3.62. The number of ether oxygens (including phenoxy) is 1. The lowest BCUT2D eigenvalue weighted by molar-refractivity contribution is -0.113. The van der Waals surface area contributed by atoms with Gasteiger partial charge in [0.05, 0.1) is 25.0 Å². The molecule has 11 heteroatoms. The van der Waals surface area contributed by atoms with Crippen LogP contribution in [0.5, 0.6) is 5.75 Å². The number of carbonyl (C=O) groups excluding carboxylic acids is 2. The molecule has 0 saturated carbocycles. The first-order valence-corrected chi connectivity index (χ1v) is 14.9.